The van der Waals surface area contributed by atoms with Gasteiger partial charge in [0.15, 0.2) is 0 Å². The molecule has 0 heterocycles. The zero-order valence-electron chi connectivity index (χ0n) is 10.4. The number of ether oxygens (including phenoxy) is 1. The van der Waals surface area contributed by atoms with E-state index in [2.05, 4.69) is 11.3 Å². The number of carboxylic acids is 1. The largest absolute Gasteiger partial charge is 0.496 e. The highest BCUT2D eigenvalue weighted by Crippen LogP contribution is 2.22. The van der Waals surface area contributed by atoms with Gasteiger partial charge in [-0.05, 0) is 24.6 Å². The highest BCUT2D eigenvalue weighted by Gasteiger charge is 2.18. The number of nitrogens with one attached hydrogen (secondary N) is 1. The van der Waals surface area contributed by atoms with Gasteiger partial charge in [-0.1, -0.05) is 6.08 Å². The Balaban J connectivity index is 3.11. The Hall–Kier alpha value is -1.86. The molecule has 0 amide bonds. The molecule has 0 aliphatic heterocycles. The molecule has 0 saturated heterocycles. The number of hydrogen-bond donors (Lipinski definition) is 2. The number of carboxylic acid groups (broad SMARTS) is 1. The Bertz CT molecular complexity index is 580. The van der Waals surface area contributed by atoms with Crippen molar-refractivity contribution in [2.75, 3.05) is 13.7 Å². The molecule has 6 nitrogen and oxygen atoms in total. The normalized spacial score (nSPS) is 11.0. The fourth-order valence-electron chi connectivity index (χ4n) is 1.40. The third-order valence-electron chi connectivity index (χ3n) is 2.35. The summed E-state index contributed by atoms with van der Waals surface area (Å²) in [5.41, 5.74) is -0.200. The molecule has 0 saturated carbocycles. The minimum absolute atomic E-state index is 0.109. The maximum absolute atomic E-state index is 11.9. The molecule has 0 atom stereocenters. The lowest BCUT2D eigenvalue weighted by molar-refractivity contribution is 0.0693. The highest BCUT2D eigenvalue weighted by molar-refractivity contribution is 7.89. The molecule has 2 N–H and O–H groups in total. The molecule has 1 rings (SSSR count). The van der Waals surface area contributed by atoms with Crippen LogP contribution in [0.1, 0.15) is 16.8 Å². The number of methoxy groups -OCH3 is 1. The molecule has 1 aromatic carbocycles. The lowest BCUT2D eigenvalue weighted by atomic mass is 10.2. The van der Waals surface area contributed by atoms with Crippen molar-refractivity contribution in [1.29, 1.82) is 0 Å². The lowest BCUT2D eigenvalue weighted by Gasteiger charge is -2.09. The summed E-state index contributed by atoms with van der Waals surface area (Å²) in [6.45, 7) is 3.69. The number of rotatable bonds is 7. The van der Waals surface area contributed by atoms with E-state index in [1.165, 1.54) is 19.2 Å². The maximum Gasteiger partial charge on any atom is 0.339 e. The van der Waals surface area contributed by atoms with Crippen LogP contribution in [-0.2, 0) is 10.0 Å². The number of carbonyl (C=O) groups is 1. The first-order valence-electron chi connectivity index (χ1n) is 5.44. The number of benzene rings is 1. The van der Waals surface area contributed by atoms with Crippen LogP contribution in [0.5, 0.6) is 5.75 Å². The zero-order chi connectivity index (χ0) is 14.5. The molecule has 0 unspecified atom stereocenters. The second-order valence-corrected chi connectivity index (χ2v) is 5.41. The van der Waals surface area contributed by atoms with Crippen LogP contribution in [0, 0.1) is 0 Å². The first kappa shape index (κ1) is 15.2. The van der Waals surface area contributed by atoms with Crippen LogP contribution in [-0.4, -0.2) is 33.1 Å². The fourth-order valence-corrected chi connectivity index (χ4v) is 2.47. The summed E-state index contributed by atoms with van der Waals surface area (Å²) in [4.78, 5) is 10.9. The molecule has 7 heteroatoms. The predicted molar refractivity (Wildman–Crippen MR) is 70.0 cm³/mol. The van der Waals surface area contributed by atoms with Gasteiger partial charge in [0.25, 0.3) is 0 Å². The Morgan fingerprint density at radius 2 is 2.21 bits per heavy atom. The van der Waals surface area contributed by atoms with Crippen molar-refractivity contribution >= 4 is 16.0 Å². The van der Waals surface area contributed by atoms with Crippen LogP contribution in [0.4, 0.5) is 0 Å². The smallest absolute Gasteiger partial charge is 0.339 e. The summed E-state index contributed by atoms with van der Waals surface area (Å²) < 4.78 is 31.0. The van der Waals surface area contributed by atoms with E-state index in [1.54, 1.807) is 6.08 Å². The lowest BCUT2D eigenvalue weighted by Crippen LogP contribution is -2.24. The third-order valence-corrected chi connectivity index (χ3v) is 3.81. The number of aromatic carboxylic acids is 1. The van der Waals surface area contributed by atoms with E-state index in [4.69, 9.17) is 9.84 Å². The third kappa shape index (κ3) is 3.80. The molecule has 19 heavy (non-hydrogen) atoms. The minimum atomic E-state index is -3.73. The first-order chi connectivity index (χ1) is 8.92. The second kappa shape index (κ2) is 6.35. The van der Waals surface area contributed by atoms with Gasteiger partial charge in [-0.15, -0.1) is 6.58 Å². The summed E-state index contributed by atoms with van der Waals surface area (Å²) in [5, 5.41) is 8.99. The monoisotopic (exact) mass is 285 g/mol. The van der Waals surface area contributed by atoms with Gasteiger partial charge in [0.1, 0.15) is 11.3 Å². The first-order valence-corrected chi connectivity index (χ1v) is 6.92. The Labute approximate surface area is 111 Å². The Morgan fingerprint density at radius 3 is 2.74 bits per heavy atom. The van der Waals surface area contributed by atoms with E-state index < -0.39 is 16.0 Å². The van der Waals surface area contributed by atoms with Gasteiger partial charge in [0, 0.05) is 6.54 Å². The molecule has 0 aliphatic carbocycles. The molecule has 0 aliphatic rings. The molecule has 0 radical (unpaired) electrons. The van der Waals surface area contributed by atoms with Crippen LogP contribution in [0.15, 0.2) is 35.7 Å². The summed E-state index contributed by atoms with van der Waals surface area (Å²) in [5.74, 6) is -1.14. The van der Waals surface area contributed by atoms with E-state index in [9.17, 15) is 13.2 Å². The topological polar surface area (TPSA) is 92.7 Å². The van der Waals surface area contributed by atoms with Crippen molar-refractivity contribution in [1.82, 2.24) is 4.72 Å². The SMILES string of the molecule is C=CCCNS(=O)(=O)c1ccc(OC)c(C(=O)O)c1. The summed E-state index contributed by atoms with van der Waals surface area (Å²) in [6, 6.07) is 3.67. The fraction of sp³-hybridized carbons (Fsp3) is 0.250. The molecular weight excluding hydrogens is 270 g/mol. The van der Waals surface area contributed by atoms with Crippen molar-refractivity contribution in [3.05, 3.63) is 36.4 Å². The number of sulfonamides is 1. The average molecular weight is 285 g/mol. The van der Waals surface area contributed by atoms with E-state index in [-0.39, 0.29) is 22.8 Å². The van der Waals surface area contributed by atoms with Gasteiger partial charge in [-0.2, -0.15) is 0 Å². The summed E-state index contributed by atoms with van der Waals surface area (Å²) in [7, 11) is -2.41. The van der Waals surface area contributed by atoms with E-state index in [0.29, 0.717) is 6.42 Å². The summed E-state index contributed by atoms with van der Waals surface area (Å²) >= 11 is 0. The van der Waals surface area contributed by atoms with Crippen LogP contribution >= 0.6 is 0 Å². The van der Waals surface area contributed by atoms with Crippen molar-refractivity contribution in [3.63, 3.8) is 0 Å². The zero-order valence-corrected chi connectivity index (χ0v) is 11.2. The predicted octanol–water partition coefficient (Wildman–Crippen LogP) is 1.25. The van der Waals surface area contributed by atoms with Crippen molar-refractivity contribution < 1.29 is 23.1 Å². The van der Waals surface area contributed by atoms with E-state index in [1.807, 2.05) is 0 Å². The van der Waals surface area contributed by atoms with Crippen molar-refractivity contribution in [2.24, 2.45) is 0 Å². The van der Waals surface area contributed by atoms with Gasteiger partial charge >= 0.3 is 5.97 Å². The van der Waals surface area contributed by atoms with Gasteiger partial charge in [-0.3, -0.25) is 0 Å². The van der Waals surface area contributed by atoms with Gasteiger partial charge < -0.3 is 9.84 Å². The Kier molecular flexibility index (Phi) is 5.08. The van der Waals surface area contributed by atoms with Crippen LogP contribution in [0.2, 0.25) is 0 Å². The van der Waals surface area contributed by atoms with Gasteiger partial charge in [0.2, 0.25) is 10.0 Å². The molecule has 0 fully saturated rings. The van der Waals surface area contributed by atoms with E-state index in [0.717, 1.165) is 6.07 Å². The van der Waals surface area contributed by atoms with Crippen LogP contribution in [0.25, 0.3) is 0 Å². The summed E-state index contributed by atoms with van der Waals surface area (Å²) in [6.07, 6.45) is 2.07. The van der Waals surface area contributed by atoms with Crippen LogP contribution in [0.3, 0.4) is 0 Å². The second-order valence-electron chi connectivity index (χ2n) is 3.64. The molecule has 0 spiro atoms. The van der Waals surface area contributed by atoms with E-state index >= 15 is 0 Å². The molecule has 0 aromatic heterocycles. The minimum Gasteiger partial charge on any atom is -0.496 e. The number of hydrogen-bond acceptors (Lipinski definition) is 4. The van der Waals surface area contributed by atoms with Crippen molar-refractivity contribution in [3.8, 4) is 5.75 Å². The quantitative estimate of drug-likeness (QED) is 0.581. The standard InChI is InChI=1S/C12H15NO5S/c1-3-4-7-13-19(16,17)9-5-6-11(18-2)10(8-9)12(14)15/h3,5-6,8,13H,1,4,7H2,2H3,(H,14,15). The van der Waals surface area contributed by atoms with Gasteiger partial charge in [0.05, 0.1) is 12.0 Å². The molecule has 1 aromatic rings. The Morgan fingerprint density at radius 1 is 1.53 bits per heavy atom. The molecule has 0 bridgehead atoms. The highest BCUT2D eigenvalue weighted by atomic mass is 32.2. The van der Waals surface area contributed by atoms with Crippen LogP contribution < -0.4 is 9.46 Å². The molecular formula is C12H15NO5S. The van der Waals surface area contributed by atoms with Crippen molar-refractivity contribution in [2.45, 2.75) is 11.3 Å². The molecule has 104 valence electrons. The average Bonchev–Trinajstić information content (AvgIpc) is 2.38. The maximum atomic E-state index is 11.9. The van der Waals surface area contributed by atoms with Gasteiger partial charge in [-0.25, -0.2) is 17.9 Å².